The van der Waals surface area contributed by atoms with E-state index in [9.17, 15) is 9.59 Å². The molecule has 0 radical (unpaired) electrons. The summed E-state index contributed by atoms with van der Waals surface area (Å²) < 4.78 is 11.5. The number of amides is 2. The molecule has 2 fully saturated rings. The van der Waals surface area contributed by atoms with Gasteiger partial charge in [-0.1, -0.05) is 0 Å². The number of carbonyl (C=O) groups excluding carboxylic acids is 2. The molecule has 0 spiro atoms. The van der Waals surface area contributed by atoms with E-state index in [4.69, 9.17) is 20.9 Å². The van der Waals surface area contributed by atoms with Gasteiger partial charge in [-0.05, 0) is 71.1 Å². The maximum atomic E-state index is 11.7. The van der Waals surface area contributed by atoms with E-state index < -0.39 is 0 Å². The van der Waals surface area contributed by atoms with Gasteiger partial charge in [0.25, 0.3) is 0 Å². The monoisotopic (exact) mass is 540 g/mol. The van der Waals surface area contributed by atoms with Gasteiger partial charge in [0.05, 0.1) is 32.8 Å². The second-order valence-electron chi connectivity index (χ2n) is 6.76. The molecule has 2 aromatic carbocycles. The number of benzene rings is 2. The number of ether oxygens (including phenoxy) is 2. The van der Waals surface area contributed by atoms with Crippen LogP contribution in [0.3, 0.4) is 0 Å². The molecule has 2 heterocycles. The molecule has 8 nitrogen and oxygen atoms in total. The topological polar surface area (TPSA) is 120 Å². The van der Waals surface area contributed by atoms with Crippen LogP contribution in [0.15, 0.2) is 48.5 Å². The number of halogens is 1. The molecule has 4 rings (SSSR count). The summed E-state index contributed by atoms with van der Waals surface area (Å²) in [7, 11) is 0. The number of nitrogen functional groups attached to an aromatic ring is 2. The van der Waals surface area contributed by atoms with Crippen molar-refractivity contribution in [2.75, 3.05) is 55.9 Å². The van der Waals surface area contributed by atoms with Gasteiger partial charge in [-0.3, -0.25) is 9.59 Å². The normalized spacial score (nSPS) is 16.5. The maximum absolute atomic E-state index is 11.7. The van der Waals surface area contributed by atoms with Crippen LogP contribution < -0.4 is 21.7 Å². The summed E-state index contributed by atoms with van der Waals surface area (Å²) in [6.07, 6.45) is 0.963. The maximum Gasteiger partial charge on any atom is 0.229 e. The smallest absolute Gasteiger partial charge is 0.229 e. The average molecular weight is 540 g/mol. The third kappa shape index (κ3) is 9.99. The number of nitrogens with two attached hydrogens (primary N) is 2. The number of carbonyl (C=O) groups is 2. The molecule has 31 heavy (non-hydrogen) atoms. The Kier molecular flexibility index (Phi) is 11.1. The molecule has 0 aromatic heterocycles. The van der Waals surface area contributed by atoms with Crippen LogP contribution in [0.2, 0.25) is 0 Å². The molecule has 2 aromatic rings. The first-order valence-electron chi connectivity index (χ1n) is 10.0. The molecule has 2 amide bonds. The number of hydrogen-bond acceptors (Lipinski definition) is 6. The fourth-order valence-corrected chi connectivity index (χ4v) is 3.04. The van der Waals surface area contributed by atoms with Gasteiger partial charge in [0.1, 0.15) is 0 Å². The van der Waals surface area contributed by atoms with Gasteiger partial charge in [-0.2, -0.15) is 0 Å². The Morgan fingerprint density at radius 3 is 2.03 bits per heavy atom. The van der Waals surface area contributed by atoms with E-state index in [1.165, 1.54) is 3.57 Å². The minimum atomic E-state index is 0.0995. The molecule has 168 valence electrons. The number of nitrogens with one attached hydrogen (secondary N) is 1. The van der Waals surface area contributed by atoms with Crippen molar-refractivity contribution in [3.63, 3.8) is 0 Å². The summed E-state index contributed by atoms with van der Waals surface area (Å²) in [6, 6.07) is 15.1. The Bertz CT molecular complexity index is 784. The predicted octanol–water partition coefficient (Wildman–Crippen LogP) is 2.42. The van der Waals surface area contributed by atoms with Crippen molar-refractivity contribution in [2.24, 2.45) is 0 Å². The summed E-state index contributed by atoms with van der Waals surface area (Å²) in [5, 5.41) is 2.68. The van der Waals surface area contributed by atoms with E-state index in [-0.39, 0.29) is 11.8 Å². The fourth-order valence-electron chi connectivity index (χ4n) is 2.69. The van der Waals surface area contributed by atoms with Crippen molar-refractivity contribution < 1.29 is 19.1 Å². The van der Waals surface area contributed by atoms with Crippen LogP contribution in [0.25, 0.3) is 0 Å². The summed E-state index contributed by atoms with van der Waals surface area (Å²) >= 11 is 2.24. The highest BCUT2D eigenvalue weighted by atomic mass is 127. The lowest BCUT2D eigenvalue weighted by Crippen LogP contribution is -2.31. The van der Waals surface area contributed by atoms with Gasteiger partial charge < -0.3 is 31.2 Å². The molecule has 0 saturated carbocycles. The summed E-state index contributed by atoms with van der Waals surface area (Å²) in [5.74, 6) is 0.208. The molecule has 0 aliphatic carbocycles. The Morgan fingerprint density at radius 2 is 1.39 bits per heavy atom. The minimum absolute atomic E-state index is 0.0995. The molecule has 9 heteroatoms. The van der Waals surface area contributed by atoms with Crippen LogP contribution in [0, 0.1) is 3.57 Å². The van der Waals surface area contributed by atoms with Crippen molar-refractivity contribution in [2.45, 2.75) is 12.8 Å². The number of anilines is 3. The number of hydrogen-bond donors (Lipinski definition) is 3. The van der Waals surface area contributed by atoms with Crippen molar-refractivity contribution in [3.8, 4) is 0 Å². The molecule has 0 unspecified atom stereocenters. The number of nitrogens with zero attached hydrogens (tertiary/aromatic N) is 1. The largest absolute Gasteiger partial charge is 0.399 e. The van der Waals surface area contributed by atoms with Gasteiger partial charge in [-0.25, -0.2) is 0 Å². The average Bonchev–Trinajstić information content (AvgIpc) is 3.14. The van der Waals surface area contributed by atoms with Crippen molar-refractivity contribution in [3.05, 3.63) is 52.1 Å². The lowest BCUT2D eigenvalue weighted by atomic mass is 10.2. The molecular weight excluding hydrogens is 511 g/mol. The van der Waals surface area contributed by atoms with Crippen LogP contribution in [0.1, 0.15) is 12.8 Å². The van der Waals surface area contributed by atoms with Gasteiger partial charge in [0.2, 0.25) is 11.8 Å². The lowest BCUT2D eigenvalue weighted by Gasteiger charge is -2.19. The van der Waals surface area contributed by atoms with Crippen LogP contribution in [-0.2, 0) is 19.1 Å². The van der Waals surface area contributed by atoms with Crippen LogP contribution in [0.4, 0.5) is 17.1 Å². The third-order valence-electron chi connectivity index (χ3n) is 4.34. The van der Waals surface area contributed by atoms with Crippen LogP contribution >= 0.6 is 22.6 Å². The van der Waals surface area contributed by atoms with E-state index >= 15 is 0 Å². The Morgan fingerprint density at radius 1 is 0.806 bits per heavy atom. The quantitative estimate of drug-likeness (QED) is 0.378. The van der Waals surface area contributed by atoms with E-state index in [0.717, 1.165) is 11.4 Å². The van der Waals surface area contributed by atoms with E-state index in [0.29, 0.717) is 58.0 Å². The summed E-state index contributed by atoms with van der Waals surface area (Å²) in [5.41, 5.74) is 13.4. The summed E-state index contributed by atoms with van der Waals surface area (Å²) in [6.45, 7) is 3.62. The molecule has 5 N–H and O–H groups in total. The standard InChI is InChI=1S/C11H14N2O2.C6H6IN.C5H9NO2/c12-9-1-3-10(4-2-9)13-6-8-15-7-5-11(13)14;7-5-1-3-6(8)4-2-5;7-5-1-3-8-4-2-6-5/h1-4H,5-8,12H2;1-4H,8H2;1-4H2,(H,6,7). The third-order valence-corrected chi connectivity index (χ3v) is 5.06. The first kappa shape index (κ1) is 24.9. The Labute approximate surface area is 196 Å². The molecule has 2 saturated heterocycles. The van der Waals surface area contributed by atoms with Gasteiger partial charge in [0.15, 0.2) is 0 Å². The SMILES string of the molecule is Nc1ccc(I)cc1.Nc1ccc(N2CCOCCC2=O)cc1.O=C1CCOCCN1. The molecule has 2 aliphatic rings. The van der Waals surface area contributed by atoms with Gasteiger partial charge in [-0.15, -0.1) is 0 Å². The highest BCUT2D eigenvalue weighted by molar-refractivity contribution is 14.1. The van der Waals surface area contributed by atoms with Crippen molar-refractivity contribution in [1.82, 2.24) is 5.32 Å². The zero-order valence-electron chi connectivity index (χ0n) is 17.4. The zero-order chi connectivity index (χ0) is 22.5. The molecule has 0 atom stereocenters. The highest BCUT2D eigenvalue weighted by Crippen LogP contribution is 2.18. The molecule has 0 bridgehead atoms. The Balaban J connectivity index is 0.000000181. The number of rotatable bonds is 1. The van der Waals surface area contributed by atoms with Crippen LogP contribution in [0.5, 0.6) is 0 Å². The fraction of sp³-hybridized carbons (Fsp3) is 0.364. The highest BCUT2D eigenvalue weighted by Gasteiger charge is 2.18. The Hall–Kier alpha value is -2.37. The van der Waals surface area contributed by atoms with Crippen molar-refractivity contribution in [1.29, 1.82) is 0 Å². The van der Waals surface area contributed by atoms with Crippen molar-refractivity contribution >= 4 is 51.5 Å². The van der Waals surface area contributed by atoms with Gasteiger partial charge >= 0.3 is 0 Å². The van der Waals surface area contributed by atoms with E-state index in [2.05, 4.69) is 27.9 Å². The summed E-state index contributed by atoms with van der Waals surface area (Å²) in [4.78, 5) is 23.9. The van der Waals surface area contributed by atoms with E-state index in [1.807, 2.05) is 36.4 Å². The molecule has 2 aliphatic heterocycles. The van der Waals surface area contributed by atoms with Crippen LogP contribution in [-0.4, -0.2) is 51.3 Å². The first-order valence-corrected chi connectivity index (χ1v) is 11.1. The van der Waals surface area contributed by atoms with Gasteiger partial charge in [0, 0.05) is 40.1 Å². The minimum Gasteiger partial charge on any atom is -0.399 e. The molecular formula is C22H29IN4O4. The first-order chi connectivity index (χ1) is 15.0. The van der Waals surface area contributed by atoms with E-state index in [1.54, 1.807) is 17.0 Å². The second-order valence-corrected chi connectivity index (χ2v) is 8.01. The zero-order valence-corrected chi connectivity index (χ0v) is 19.5. The lowest BCUT2D eigenvalue weighted by molar-refractivity contribution is -0.121. The second kappa shape index (κ2) is 13.8. The predicted molar refractivity (Wildman–Crippen MR) is 131 cm³/mol.